The molecule has 1 aromatic carbocycles. The third-order valence-corrected chi connectivity index (χ3v) is 5.70. The molecule has 0 unspecified atom stereocenters. The number of rotatable bonds is 5. The smallest absolute Gasteiger partial charge is 0.308 e. The van der Waals surface area contributed by atoms with E-state index >= 15 is 0 Å². The van der Waals surface area contributed by atoms with E-state index in [0.717, 1.165) is 0 Å². The van der Waals surface area contributed by atoms with E-state index in [4.69, 9.17) is 4.74 Å². The highest BCUT2D eigenvalue weighted by Crippen LogP contribution is 2.25. The number of hydrogen-bond acceptors (Lipinski definition) is 5. The Balaban J connectivity index is 1.52. The van der Waals surface area contributed by atoms with Crippen molar-refractivity contribution in [1.29, 1.82) is 0 Å². The SMILES string of the molecule is COC(=O)C1CCN(C(=O)[C@H](C)NC(=O)[C@H]2CC(=O)N(c3ccc(F)cc3)C2)CC1. The maximum atomic E-state index is 13.1. The molecule has 0 saturated carbocycles. The average Bonchev–Trinajstić information content (AvgIpc) is 3.15. The maximum absolute atomic E-state index is 13.1. The number of likely N-dealkylation sites (tertiary alicyclic amines) is 1. The number of piperidine rings is 1. The largest absolute Gasteiger partial charge is 0.469 e. The van der Waals surface area contributed by atoms with Gasteiger partial charge < -0.3 is 19.9 Å². The highest BCUT2D eigenvalue weighted by Gasteiger charge is 2.37. The van der Waals surface area contributed by atoms with Gasteiger partial charge in [-0.3, -0.25) is 19.2 Å². The average molecular weight is 419 g/mol. The third-order valence-electron chi connectivity index (χ3n) is 5.70. The molecule has 9 heteroatoms. The van der Waals surface area contributed by atoms with Crippen LogP contribution in [-0.2, 0) is 23.9 Å². The Labute approximate surface area is 174 Å². The number of benzene rings is 1. The number of nitrogens with zero attached hydrogens (tertiary/aromatic N) is 2. The Kier molecular flexibility index (Phi) is 6.69. The second kappa shape index (κ2) is 9.23. The van der Waals surface area contributed by atoms with E-state index in [9.17, 15) is 23.6 Å². The van der Waals surface area contributed by atoms with Gasteiger partial charge in [0, 0.05) is 31.7 Å². The molecule has 0 spiro atoms. The Morgan fingerprint density at radius 3 is 2.37 bits per heavy atom. The first-order valence-corrected chi connectivity index (χ1v) is 10.0. The summed E-state index contributed by atoms with van der Waals surface area (Å²) in [5.74, 6) is -2.24. The van der Waals surface area contributed by atoms with Crippen LogP contribution in [0, 0.1) is 17.7 Å². The van der Waals surface area contributed by atoms with E-state index in [1.54, 1.807) is 11.8 Å². The molecule has 2 atom stereocenters. The number of hydrogen-bond donors (Lipinski definition) is 1. The molecule has 8 nitrogen and oxygen atoms in total. The molecule has 162 valence electrons. The van der Waals surface area contributed by atoms with Crippen molar-refractivity contribution in [3.8, 4) is 0 Å². The molecule has 2 fully saturated rings. The zero-order chi connectivity index (χ0) is 21.8. The molecule has 3 amide bonds. The number of ether oxygens (including phenoxy) is 1. The minimum absolute atomic E-state index is 0.0364. The van der Waals surface area contributed by atoms with Gasteiger partial charge in [-0.15, -0.1) is 0 Å². The Morgan fingerprint density at radius 1 is 1.13 bits per heavy atom. The highest BCUT2D eigenvalue weighted by molar-refractivity contribution is 6.01. The lowest BCUT2D eigenvalue weighted by molar-refractivity contribution is -0.149. The number of carbonyl (C=O) groups excluding carboxylic acids is 4. The van der Waals surface area contributed by atoms with Gasteiger partial charge in [-0.05, 0) is 44.0 Å². The number of amides is 3. The highest BCUT2D eigenvalue weighted by atomic mass is 19.1. The van der Waals surface area contributed by atoms with Crippen LogP contribution in [0.25, 0.3) is 0 Å². The fraction of sp³-hybridized carbons (Fsp3) is 0.524. The number of esters is 1. The number of halogens is 1. The molecule has 2 heterocycles. The first-order valence-electron chi connectivity index (χ1n) is 10.0. The number of methoxy groups -OCH3 is 1. The predicted octanol–water partition coefficient (Wildman–Crippen LogP) is 1.09. The molecule has 0 aliphatic carbocycles. The van der Waals surface area contributed by atoms with Crippen molar-refractivity contribution >= 4 is 29.4 Å². The molecule has 1 aromatic rings. The normalized spacial score (nSPS) is 20.8. The van der Waals surface area contributed by atoms with Crippen LogP contribution in [0.4, 0.5) is 10.1 Å². The molecule has 2 aliphatic heterocycles. The second-order valence-electron chi connectivity index (χ2n) is 7.73. The summed E-state index contributed by atoms with van der Waals surface area (Å²) in [6, 6.07) is 4.79. The quantitative estimate of drug-likeness (QED) is 0.721. The molecule has 30 heavy (non-hydrogen) atoms. The molecule has 0 bridgehead atoms. The van der Waals surface area contributed by atoms with Gasteiger partial charge in [-0.2, -0.15) is 0 Å². The Bertz CT molecular complexity index is 820. The number of carbonyl (C=O) groups is 4. The fourth-order valence-corrected chi connectivity index (χ4v) is 3.92. The van der Waals surface area contributed by atoms with Crippen molar-refractivity contribution in [1.82, 2.24) is 10.2 Å². The van der Waals surface area contributed by atoms with Crippen molar-refractivity contribution in [3.05, 3.63) is 30.1 Å². The number of nitrogens with one attached hydrogen (secondary N) is 1. The Hall–Kier alpha value is -2.97. The third kappa shape index (κ3) is 4.77. The van der Waals surface area contributed by atoms with Gasteiger partial charge >= 0.3 is 5.97 Å². The summed E-state index contributed by atoms with van der Waals surface area (Å²) in [5, 5.41) is 2.71. The molecule has 1 N–H and O–H groups in total. The van der Waals surface area contributed by atoms with Crippen molar-refractivity contribution in [2.24, 2.45) is 11.8 Å². The standard InChI is InChI=1S/C21H26FN3O5/c1-13(20(28)24-9-7-14(8-10-24)21(29)30-2)23-19(27)15-11-18(26)25(12-15)17-5-3-16(22)4-6-17/h3-6,13-15H,7-12H2,1-2H3,(H,23,27)/t13-,15-/m0/s1. The van der Waals surface area contributed by atoms with Gasteiger partial charge in [0.15, 0.2) is 0 Å². The minimum Gasteiger partial charge on any atom is -0.469 e. The van der Waals surface area contributed by atoms with Crippen LogP contribution in [-0.4, -0.2) is 61.4 Å². The monoisotopic (exact) mass is 419 g/mol. The zero-order valence-corrected chi connectivity index (χ0v) is 17.1. The van der Waals surface area contributed by atoms with Gasteiger partial charge in [-0.25, -0.2) is 4.39 Å². The van der Waals surface area contributed by atoms with Crippen LogP contribution in [0.3, 0.4) is 0 Å². The molecule has 0 aromatic heterocycles. The van der Waals surface area contributed by atoms with Gasteiger partial charge in [0.1, 0.15) is 11.9 Å². The van der Waals surface area contributed by atoms with E-state index < -0.39 is 17.8 Å². The van der Waals surface area contributed by atoms with E-state index in [1.165, 1.54) is 36.3 Å². The summed E-state index contributed by atoms with van der Waals surface area (Å²) >= 11 is 0. The first-order chi connectivity index (χ1) is 14.3. The summed E-state index contributed by atoms with van der Waals surface area (Å²) in [5.41, 5.74) is 0.536. The maximum Gasteiger partial charge on any atom is 0.308 e. The first kappa shape index (κ1) is 21.7. The molecule has 2 aliphatic rings. The van der Waals surface area contributed by atoms with Gasteiger partial charge in [-0.1, -0.05) is 0 Å². The molecular weight excluding hydrogens is 393 g/mol. The minimum atomic E-state index is -0.734. The summed E-state index contributed by atoms with van der Waals surface area (Å²) in [6.45, 7) is 2.65. The van der Waals surface area contributed by atoms with Crippen molar-refractivity contribution < 1.29 is 28.3 Å². The molecule has 0 radical (unpaired) electrons. The van der Waals surface area contributed by atoms with Crippen LogP contribution in [0.2, 0.25) is 0 Å². The molecular formula is C21H26FN3O5. The second-order valence-corrected chi connectivity index (χ2v) is 7.73. The van der Waals surface area contributed by atoms with Crippen molar-refractivity contribution in [3.63, 3.8) is 0 Å². The fourth-order valence-electron chi connectivity index (χ4n) is 3.92. The summed E-state index contributed by atoms with van der Waals surface area (Å²) < 4.78 is 17.8. The van der Waals surface area contributed by atoms with Crippen LogP contribution >= 0.6 is 0 Å². The lowest BCUT2D eigenvalue weighted by atomic mass is 9.96. The lowest BCUT2D eigenvalue weighted by Crippen LogP contribution is -2.51. The summed E-state index contributed by atoms with van der Waals surface area (Å²) in [7, 11) is 1.35. The Morgan fingerprint density at radius 2 is 1.77 bits per heavy atom. The van der Waals surface area contributed by atoms with E-state index in [-0.39, 0.29) is 42.6 Å². The van der Waals surface area contributed by atoms with Crippen molar-refractivity contribution in [2.45, 2.75) is 32.2 Å². The van der Waals surface area contributed by atoms with Crippen molar-refractivity contribution in [2.75, 3.05) is 31.6 Å². The topological polar surface area (TPSA) is 96.0 Å². The van der Waals surface area contributed by atoms with Crippen LogP contribution in [0.15, 0.2) is 24.3 Å². The van der Waals surface area contributed by atoms with E-state index in [0.29, 0.717) is 31.6 Å². The van der Waals surface area contributed by atoms with Gasteiger partial charge in [0.05, 0.1) is 18.9 Å². The summed E-state index contributed by atoms with van der Waals surface area (Å²) in [6.07, 6.45) is 1.10. The number of anilines is 1. The van der Waals surface area contributed by atoms with E-state index in [1.807, 2.05) is 0 Å². The van der Waals surface area contributed by atoms with Gasteiger partial charge in [0.2, 0.25) is 17.7 Å². The summed E-state index contributed by atoms with van der Waals surface area (Å²) in [4.78, 5) is 52.3. The molecule has 3 rings (SSSR count). The van der Waals surface area contributed by atoms with Gasteiger partial charge in [0.25, 0.3) is 0 Å². The molecule has 2 saturated heterocycles. The van der Waals surface area contributed by atoms with Crippen LogP contribution in [0.5, 0.6) is 0 Å². The zero-order valence-electron chi connectivity index (χ0n) is 17.1. The van der Waals surface area contributed by atoms with Crippen LogP contribution in [0.1, 0.15) is 26.2 Å². The predicted molar refractivity (Wildman–Crippen MR) is 106 cm³/mol. The lowest BCUT2D eigenvalue weighted by Gasteiger charge is -2.32. The van der Waals surface area contributed by atoms with Crippen LogP contribution < -0.4 is 10.2 Å². The van der Waals surface area contributed by atoms with E-state index in [2.05, 4.69) is 5.32 Å².